The van der Waals surface area contributed by atoms with Gasteiger partial charge in [-0.2, -0.15) is 0 Å². The van der Waals surface area contributed by atoms with Crippen molar-refractivity contribution in [3.05, 3.63) is 0 Å². The van der Waals surface area contributed by atoms with Crippen molar-refractivity contribution >= 4 is 0 Å². The molecule has 96 valence electrons. The van der Waals surface area contributed by atoms with Gasteiger partial charge in [0, 0.05) is 12.1 Å². The van der Waals surface area contributed by atoms with Gasteiger partial charge >= 0.3 is 0 Å². The van der Waals surface area contributed by atoms with Crippen molar-refractivity contribution in [2.24, 2.45) is 0 Å². The minimum absolute atomic E-state index is 0.149. The van der Waals surface area contributed by atoms with Gasteiger partial charge in [0.05, 0.1) is 12.2 Å². The maximum absolute atomic E-state index is 10.4. The fraction of sp³-hybridized carbons (Fsp3) is 1.00. The lowest BCUT2D eigenvalue weighted by atomic mass is 9.83. The first-order valence-electron chi connectivity index (χ1n) is 6.68. The van der Waals surface area contributed by atoms with E-state index < -0.39 is 5.60 Å². The van der Waals surface area contributed by atoms with Crippen LogP contribution in [0.15, 0.2) is 0 Å². The molecular weight excluding hydrogens is 202 g/mol. The summed E-state index contributed by atoms with van der Waals surface area (Å²) in [5, 5.41) is 23.2. The molecule has 0 aromatic heterocycles. The zero-order chi connectivity index (χ0) is 12.1. The molecule has 3 N–H and O–H groups in total. The summed E-state index contributed by atoms with van der Waals surface area (Å²) in [7, 11) is 0. The summed E-state index contributed by atoms with van der Waals surface area (Å²) in [6.45, 7) is 4.93. The Bertz CT molecular complexity index is 188. The Hall–Kier alpha value is -0.120. The number of nitrogens with one attached hydrogen (secondary N) is 1. The summed E-state index contributed by atoms with van der Waals surface area (Å²) in [5.74, 6) is 0. The zero-order valence-electron chi connectivity index (χ0n) is 10.8. The van der Waals surface area contributed by atoms with Gasteiger partial charge in [0.15, 0.2) is 0 Å². The number of rotatable bonds is 6. The van der Waals surface area contributed by atoms with Crippen LogP contribution in [-0.2, 0) is 0 Å². The van der Waals surface area contributed by atoms with Crippen LogP contribution < -0.4 is 5.32 Å². The number of hydrogen-bond donors (Lipinski definition) is 3. The maximum atomic E-state index is 10.4. The van der Waals surface area contributed by atoms with E-state index in [-0.39, 0.29) is 12.1 Å². The molecule has 0 bridgehead atoms. The Labute approximate surface area is 99.3 Å². The molecule has 3 nitrogen and oxygen atoms in total. The predicted octanol–water partition coefficient (Wildman–Crippen LogP) is 1.82. The molecule has 1 aliphatic rings. The number of aliphatic hydroxyl groups excluding tert-OH is 1. The Morgan fingerprint density at radius 2 is 1.69 bits per heavy atom. The SMILES string of the molecule is CCC(CC)(CO)NCC1(O)CCCCC1. The van der Waals surface area contributed by atoms with Gasteiger partial charge in [0.1, 0.15) is 0 Å². The molecule has 1 aliphatic carbocycles. The molecule has 1 fully saturated rings. The number of aliphatic hydroxyl groups is 2. The molecule has 0 amide bonds. The van der Waals surface area contributed by atoms with Crippen LogP contribution in [0.5, 0.6) is 0 Å². The first-order chi connectivity index (χ1) is 7.60. The van der Waals surface area contributed by atoms with E-state index >= 15 is 0 Å². The van der Waals surface area contributed by atoms with Gasteiger partial charge in [-0.15, -0.1) is 0 Å². The van der Waals surface area contributed by atoms with Crippen molar-refractivity contribution in [2.75, 3.05) is 13.2 Å². The lowest BCUT2D eigenvalue weighted by Gasteiger charge is -2.38. The normalized spacial score (nSPS) is 21.0. The molecule has 0 spiro atoms. The first kappa shape index (κ1) is 13.9. The molecule has 0 radical (unpaired) electrons. The monoisotopic (exact) mass is 229 g/mol. The Morgan fingerprint density at radius 1 is 1.12 bits per heavy atom. The third-order valence-corrected chi connectivity index (χ3v) is 4.23. The third-order valence-electron chi connectivity index (χ3n) is 4.23. The molecule has 0 atom stereocenters. The Balaban J connectivity index is 2.47. The van der Waals surface area contributed by atoms with Crippen molar-refractivity contribution in [2.45, 2.75) is 69.9 Å². The van der Waals surface area contributed by atoms with Crippen LogP contribution in [0.3, 0.4) is 0 Å². The van der Waals surface area contributed by atoms with Crippen LogP contribution in [0.4, 0.5) is 0 Å². The Kier molecular flexibility index (Phi) is 5.22. The van der Waals surface area contributed by atoms with Crippen molar-refractivity contribution in [1.29, 1.82) is 0 Å². The van der Waals surface area contributed by atoms with Crippen molar-refractivity contribution in [3.63, 3.8) is 0 Å². The van der Waals surface area contributed by atoms with Crippen LogP contribution in [0, 0.1) is 0 Å². The van der Waals surface area contributed by atoms with Gasteiger partial charge in [-0.05, 0) is 25.7 Å². The molecular formula is C13H27NO2. The minimum Gasteiger partial charge on any atom is -0.394 e. The van der Waals surface area contributed by atoms with Gasteiger partial charge in [-0.3, -0.25) is 0 Å². The van der Waals surface area contributed by atoms with Crippen LogP contribution in [0.2, 0.25) is 0 Å². The molecule has 1 saturated carbocycles. The second-order valence-corrected chi connectivity index (χ2v) is 5.28. The van der Waals surface area contributed by atoms with Gasteiger partial charge in [-0.25, -0.2) is 0 Å². The topological polar surface area (TPSA) is 52.5 Å². The van der Waals surface area contributed by atoms with E-state index in [2.05, 4.69) is 19.2 Å². The van der Waals surface area contributed by atoms with Crippen LogP contribution >= 0.6 is 0 Å². The highest BCUT2D eigenvalue weighted by Crippen LogP contribution is 2.28. The smallest absolute Gasteiger partial charge is 0.0771 e. The maximum Gasteiger partial charge on any atom is 0.0771 e. The number of hydrogen-bond acceptors (Lipinski definition) is 3. The molecule has 0 saturated heterocycles. The molecule has 3 heteroatoms. The minimum atomic E-state index is -0.539. The van der Waals surface area contributed by atoms with Crippen LogP contribution in [0.1, 0.15) is 58.8 Å². The summed E-state index contributed by atoms with van der Waals surface area (Å²) in [6, 6.07) is 0. The lowest BCUT2D eigenvalue weighted by molar-refractivity contribution is -0.00696. The van der Waals surface area contributed by atoms with E-state index in [0.717, 1.165) is 38.5 Å². The molecule has 1 rings (SSSR count). The van der Waals surface area contributed by atoms with Gasteiger partial charge in [-0.1, -0.05) is 33.1 Å². The first-order valence-corrected chi connectivity index (χ1v) is 6.68. The highest BCUT2D eigenvalue weighted by atomic mass is 16.3. The van der Waals surface area contributed by atoms with Crippen molar-refractivity contribution in [3.8, 4) is 0 Å². The summed E-state index contributed by atoms with van der Waals surface area (Å²) >= 11 is 0. The van der Waals surface area contributed by atoms with E-state index in [1.165, 1.54) is 6.42 Å². The van der Waals surface area contributed by atoms with E-state index in [1.54, 1.807) is 0 Å². The predicted molar refractivity (Wildman–Crippen MR) is 66.4 cm³/mol. The third kappa shape index (κ3) is 3.44. The second kappa shape index (κ2) is 5.99. The molecule has 0 unspecified atom stereocenters. The van der Waals surface area contributed by atoms with Gasteiger partial charge in [0.25, 0.3) is 0 Å². The van der Waals surface area contributed by atoms with Gasteiger partial charge in [0.2, 0.25) is 0 Å². The average Bonchev–Trinajstić information content (AvgIpc) is 2.33. The van der Waals surface area contributed by atoms with Crippen LogP contribution in [0.25, 0.3) is 0 Å². The fourth-order valence-corrected chi connectivity index (χ4v) is 2.52. The Morgan fingerprint density at radius 3 is 2.12 bits per heavy atom. The largest absolute Gasteiger partial charge is 0.394 e. The summed E-state index contributed by atoms with van der Waals surface area (Å²) in [6.07, 6.45) is 7.09. The van der Waals surface area contributed by atoms with Crippen molar-refractivity contribution < 1.29 is 10.2 Å². The highest BCUT2D eigenvalue weighted by Gasteiger charge is 2.33. The summed E-state index contributed by atoms with van der Waals surface area (Å²) < 4.78 is 0. The highest BCUT2D eigenvalue weighted by molar-refractivity contribution is 4.91. The van der Waals surface area contributed by atoms with Crippen LogP contribution in [-0.4, -0.2) is 34.5 Å². The zero-order valence-corrected chi connectivity index (χ0v) is 10.8. The molecule has 0 aromatic carbocycles. The standard InChI is InChI=1S/C13H27NO2/c1-3-12(4-2,11-15)14-10-13(16)8-6-5-7-9-13/h14-16H,3-11H2,1-2H3. The molecule has 0 heterocycles. The number of β-amino-alcohol motifs (C(OH)–C–C–N with tert-alkyl or cyclic N) is 1. The molecule has 0 aliphatic heterocycles. The van der Waals surface area contributed by atoms with Crippen molar-refractivity contribution in [1.82, 2.24) is 5.32 Å². The van der Waals surface area contributed by atoms with E-state index in [4.69, 9.17) is 0 Å². The van der Waals surface area contributed by atoms with Gasteiger partial charge < -0.3 is 15.5 Å². The summed E-state index contributed by atoms with van der Waals surface area (Å²) in [5.41, 5.74) is -0.740. The van der Waals surface area contributed by atoms with E-state index in [9.17, 15) is 10.2 Å². The summed E-state index contributed by atoms with van der Waals surface area (Å²) in [4.78, 5) is 0. The quantitative estimate of drug-likeness (QED) is 0.651. The van der Waals surface area contributed by atoms with E-state index in [0.29, 0.717) is 6.54 Å². The molecule has 0 aromatic rings. The average molecular weight is 229 g/mol. The second-order valence-electron chi connectivity index (χ2n) is 5.28. The molecule has 16 heavy (non-hydrogen) atoms. The fourth-order valence-electron chi connectivity index (χ4n) is 2.52. The van der Waals surface area contributed by atoms with E-state index in [1.807, 2.05) is 0 Å². The lowest BCUT2D eigenvalue weighted by Crippen LogP contribution is -2.54.